The van der Waals surface area contributed by atoms with Gasteiger partial charge in [0, 0.05) is 5.92 Å². The Balaban J connectivity index is 2.31. The number of para-hydroxylation sites is 1. The van der Waals surface area contributed by atoms with E-state index >= 15 is 0 Å². The smallest absolute Gasteiger partial charge is 0.232 e. The highest BCUT2D eigenvalue weighted by Gasteiger charge is 2.15. The molecule has 4 heteroatoms. The molecule has 0 fully saturated rings. The maximum Gasteiger partial charge on any atom is 0.232 e. The molecule has 1 aromatic carbocycles. The summed E-state index contributed by atoms with van der Waals surface area (Å²) in [5, 5.41) is 0. The van der Waals surface area contributed by atoms with E-state index in [0.29, 0.717) is 5.69 Å². The standard InChI is InChI=1S/C14H17NO2S/c1-2-18(16,17)15-14-11-7-6-10-13(14)12-8-4-3-5-9-12/h3-8,10-12,15H,2,9H2,1H3. The third-order valence-electron chi connectivity index (χ3n) is 2.99. The molecular weight excluding hydrogens is 246 g/mol. The molecule has 0 spiro atoms. The number of nitrogens with one attached hydrogen (secondary N) is 1. The monoisotopic (exact) mass is 263 g/mol. The SMILES string of the molecule is CCS(=O)(=O)Nc1ccccc1C1C=CC=CC1. The van der Waals surface area contributed by atoms with Gasteiger partial charge in [-0.25, -0.2) is 8.42 Å². The van der Waals surface area contributed by atoms with Crippen LogP contribution in [-0.4, -0.2) is 14.2 Å². The Hall–Kier alpha value is -1.55. The van der Waals surface area contributed by atoms with Crippen molar-refractivity contribution in [1.29, 1.82) is 0 Å². The van der Waals surface area contributed by atoms with E-state index in [1.54, 1.807) is 6.92 Å². The second-order valence-corrected chi connectivity index (χ2v) is 6.26. The first-order chi connectivity index (χ1) is 8.62. The third-order valence-corrected chi connectivity index (χ3v) is 4.28. The van der Waals surface area contributed by atoms with Gasteiger partial charge in [0.05, 0.1) is 11.4 Å². The van der Waals surface area contributed by atoms with Gasteiger partial charge < -0.3 is 0 Å². The van der Waals surface area contributed by atoms with Gasteiger partial charge in [0.25, 0.3) is 0 Å². The molecule has 0 aromatic heterocycles. The minimum Gasteiger partial charge on any atom is -0.283 e. The Morgan fingerprint density at radius 3 is 2.72 bits per heavy atom. The summed E-state index contributed by atoms with van der Waals surface area (Å²) in [6, 6.07) is 7.57. The fourth-order valence-corrected chi connectivity index (χ4v) is 2.63. The summed E-state index contributed by atoms with van der Waals surface area (Å²) in [6.45, 7) is 1.63. The van der Waals surface area contributed by atoms with E-state index in [9.17, 15) is 8.42 Å². The molecular formula is C14H17NO2S. The number of allylic oxidation sites excluding steroid dienone is 4. The largest absolute Gasteiger partial charge is 0.283 e. The van der Waals surface area contributed by atoms with Crippen LogP contribution in [0, 0.1) is 0 Å². The van der Waals surface area contributed by atoms with Crippen LogP contribution in [0.3, 0.4) is 0 Å². The Morgan fingerprint density at radius 1 is 1.28 bits per heavy atom. The molecule has 0 amide bonds. The van der Waals surface area contributed by atoms with Crippen LogP contribution in [0.1, 0.15) is 24.8 Å². The number of rotatable bonds is 4. The maximum atomic E-state index is 11.7. The van der Waals surface area contributed by atoms with Gasteiger partial charge in [-0.1, -0.05) is 42.5 Å². The number of hydrogen-bond donors (Lipinski definition) is 1. The molecule has 1 unspecified atom stereocenters. The van der Waals surface area contributed by atoms with E-state index in [1.165, 1.54) is 0 Å². The van der Waals surface area contributed by atoms with Gasteiger partial charge in [0.15, 0.2) is 0 Å². The highest BCUT2D eigenvalue weighted by atomic mass is 32.2. The summed E-state index contributed by atoms with van der Waals surface area (Å²) in [6.07, 6.45) is 9.10. The van der Waals surface area contributed by atoms with Crippen LogP contribution in [-0.2, 0) is 10.0 Å². The summed E-state index contributed by atoms with van der Waals surface area (Å²) in [5.41, 5.74) is 1.71. The highest BCUT2D eigenvalue weighted by Crippen LogP contribution is 2.30. The lowest BCUT2D eigenvalue weighted by atomic mass is 9.91. The Kier molecular flexibility index (Phi) is 3.87. The predicted molar refractivity (Wildman–Crippen MR) is 75.2 cm³/mol. The second-order valence-electron chi connectivity index (χ2n) is 4.25. The van der Waals surface area contributed by atoms with Crippen LogP contribution in [0.25, 0.3) is 0 Å². The molecule has 0 radical (unpaired) electrons. The molecule has 1 atom stereocenters. The molecule has 0 bridgehead atoms. The van der Waals surface area contributed by atoms with Crippen LogP contribution >= 0.6 is 0 Å². The Bertz CT molecular complexity index is 573. The van der Waals surface area contributed by atoms with Gasteiger partial charge in [-0.15, -0.1) is 0 Å². The van der Waals surface area contributed by atoms with Crippen LogP contribution in [0.4, 0.5) is 5.69 Å². The predicted octanol–water partition coefficient (Wildman–Crippen LogP) is 3.05. The lowest BCUT2D eigenvalue weighted by Crippen LogP contribution is -2.16. The van der Waals surface area contributed by atoms with Crippen molar-refractivity contribution in [2.24, 2.45) is 0 Å². The molecule has 96 valence electrons. The van der Waals surface area contributed by atoms with E-state index < -0.39 is 10.0 Å². The summed E-state index contributed by atoms with van der Waals surface area (Å²) in [5.74, 6) is 0.327. The van der Waals surface area contributed by atoms with Crippen molar-refractivity contribution < 1.29 is 8.42 Å². The van der Waals surface area contributed by atoms with Gasteiger partial charge in [-0.05, 0) is 25.0 Å². The maximum absolute atomic E-state index is 11.7. The molecule has 0 saturated carbocycles. The second kappa shape index (κ2) is 5.40. The molecule has 0 saturated heterocycles. The zero-order valence-corrected chi connectivity index (χ0v) is 11.2. The van der Waals surface area contributed by atoms with Crippen molar-refractivity contribution in [2.45, 2.75) is 19.3 Å². The molecule has 18 heavy (non-hydrogen) atoms. The lowest BCUT2D eigenvalue weighted by molar-refractivity contribution is 0.602. The lowest BCUT2D eigenvalue weighted by Gasteiger charge is -2.18. The average molecular weight is 263 g/mol. The Morgan fingerprint density at radius 2 is 2.06 bits per heavy atom. The molecule has 1 aliphatic rings. The van der Waals surface area contributed by atoms with E-state index in [-0.39, 0.29) is 11.7 Å². The minimum absolute atomic E-state index is 0.0851. The first-order valence-corrected chi connectivity index (χ1v) is 7.70. The highest BCUT2D eigenvalue weighted by molar-refractivity contribution is 7.92. The zero-order chi connectivity index (χ0) is 13.0. The van der Waals surface area contributed by atoms with Gasteiger partial charge in [0.2, 0.25) is 10.0 Å². The fourth-order valence-electron chi connectivity index (χ4n) is 1.96. The van der Waals surface area contributed by atoms with Crippen molar-refractivity contribution in [3.8, 4) is 0 Å². The molecule has 1 aliphatic carbocycles. The molecule has 1 N–H and O–H groups in total. The van der Waals surface area contributed by atoms with Gasteiger partial charge in [-0.2, -0.15) is 0 Å². The van der Waals surface area contributed by atoms with Crippen molar-refractivity contribution in [1.82, 2.24) is 0 Å². The average Bonchev–Trinajstić information content (AvgIpc) is 2.40. The van der Waals surface area contributed by atoms with E-state index in [0.717, 1.165) is 12.0 Å². The van der Waals surface area contributed by atoms with E-state index in [2.05, 4.69) is 16.9 Å². The quantitative estimate of drug-likeness (QED) is 0.907. The summed E-state index contributed by atoms with van der Waals surface area (Å²) >= 11 is 0. The van der Waals surface area contributed by atoms with Crippen molar-refractivity contribution in [2.75, 3.05) is 10.5 Å². The number of hydrogen-bond acceptors (Lipinski definition) is 2. The molecule has 0 heterocycles. The number of sulfonamides is 1. The van der Waals surface area contributed by atoms with Crippen LogP contribution in [0.2, 0.25) is 0 Å². The van der Waals surface area contributed by atoms with E-state index in [1.807, 2.05) is 36.4 Å². The molecule has 1 aromatic rings. The topological polar surface area (TPSA) is 46.2 Å². The molecule has 0 aliphatic heterocycles. The first-order valence-electron chi connectivity index (χ1n) is 6.05. The minimum atomic E-state index is -3.23. The molecule has 3 nitrogen and oxygen atoms in total. The zero-order valence-electron chi connectivity index (χ0n) is 10.3. The molecule has 2 rings (SSSR count). The third kappa shape index (κ3) is 3.01. The van der Waals surface area contributed by atoms with E-state index in [4.69, 9.17) is 0 Å². The van der Waals surface area contributed by atoms with Gasteiger partial charge >= 0.3 is 0 Å². The summed E-state index contributed by atoms with van der Waals surface area (Å²) in [4.78, 5) is 0. The van der Waals surface area contributed by atoms with Crippen LogP contribution in [0.5, 0.6) is 0 Å². The van der Waals surface area contributed by atoms with Crippen molar-refractivity contribution in [3.63, 3.8) is 0 Å². The fraction of sp³-hybridized carbons (Fsp3) is 0.286. The van der Waals surface area contributed by atoms with Crippen LogP contribution in [0.15, 0.2) is 48.6 Å². The summed E-state index contributed by atoms with van der Waals surface area (Å²) < 4.78 is 26.0. The van der Waals surface area contributed by atoms with Crippen LogP contribution < -0.4 is 4.72 Å². The Labute approximate surface area is 108 Å². The van der Waals surface area contributed by atoms with Crippen molar-refractivity contribution in [3.05, 3.63) is 54.1 Å². The van der Waals surface area contributed by atoms with Gasteiger partial charge in [0.1, 0.15) is 0 Å². The summed E-state index contributed by atoms with van der Waals surface area (Å²) in [7, 11) is -3.23. The number of benzene rings is 1. The first kappa shape index (κ1) is 12.9. The van der Waals surface area contributed by atoms with Gasteiger partial charge in [-0.3, -0.25) is 4.72 Å². The van der Waals surface area contributed by atoms with Crippen molar-refractivity contribution >= 4 is 15.7 Å². The number of anilines is 1. The normalized spacial score (nSPS) is 18.8.